The number of rotatable bonds is 3. The van der Waals surface area contributed by atoms with Gasteiger partial charge in [0.25, 0.3) is 0 Å². The molecule has 0 nitrogen and oxygen atoms in total. The van der Waals surface area contributed by atoms with Crippen LogP contribution >= 0.6 is 11.8 Å². The van der Waals surface area contributed by atoms with Crippen LogP contribution in [0.3, 0.4) is 0 Å². The molecule has 1 aliphatic rings. The maximum Gasteiger partial charge on any atom is 0.0131 e. The molecule has 1 aliphatic carbocycles. The molecule has 0 aromatic heterocycles. The van der Waals surface area contributed by atoms with Gasteiger partial charge in [-0.05, 0) is 25.0 Å². The SMILES string of the molecule is CCCSC1(C)CCCCCC1. The first kappa shape index (κ1) is 10.4. The van der Waals surface area contributed by atoms with Gasteiger partial charge >= 0.3 is 0 Å². The summed E-state index contributed by atoms with van der Waals surface area (Å²) in [5.41, 5.74) is 0. The molecular formula is C11H22S. The summed E-state index contributed by atoms with van der Waals surface area (Å²) in [6.07, 6.45) is 10.1. The van der Waals surface area contributed by atoms with Crippen LogP contribution in [-0.4, -0.2) is 10.5 Å². The second-order valence-electron chi connectivity index (χ2n) is 4.21. The number of thioether (sulfide) groups is 1. The van der Waals surface area contributed by atoms with E-state index < -0.39 is 0 Å². The topological polar surface area (TPSA) is 0 Å². The molecule has 0 bridgehead atoms. The first-order valence-electron chi connectivity index (χ1n) is 5.41. The Labute approximate surface area is 81.5 Å². The quantitative estimate of drug-likeness (QED) is 0.594. The molecule has 12 heavy (non-hydrogen) atoms. The molecule has 0 aromatic carbocycles. The highest BCUT2D eigenvalue weighted by molar-refractivity contribution is 8.00. The lowest BCUT2D eigenvalue weighted by molar-refractivity contribution is 0.555. The van der Waals surface area contributed by atoms with Crippen molar-refractivity contribution in [3.63, 3.8) is 0 Å². The van der Waals surface area contributed by atoms with Gasteiger partial charge < -0.3 is 0 Å². The largest absolute Gasteiger partial charge is 0.155 e. The molecule has 0 aliphatic heterocycles. The minimum Gasteiger partial charge on any atom is -0.155 e. The van der Waals surface area contributed by atoms with E-state index in [1.165, 1.54) is 50.7 Å². The van der Waals surface area contributed by atoms with Crippen molar-refractivity contribution in [3.05, 3.63) is 0 Å². The zero-order chi connectivity index (χ0) is 8.86. The van der Waals surface area contributed by atoms with Gasteiger partial charge in [0.15, 0.2) is 0 Å². The molecule has 0 atom stereocenters. The normalized spacial score (nSPS) is 23.5. The Morgan fingerprint density at radius 1 is 1.08 bits per heavy atom. The van der Waals surface area contributed by atoms with Crippen molar-refractivity contribution in [3.8, 4) is 0 Å². The highest BCUT2D eigenvalue weighted by Gasteiger charge is 2.25. The smallest absolute Gasteiger partial charge is 0.0131 e. The van der Waals surface area contributed by atoms with E-state index in [-0.39, 0.29) is 0 Å². The van der Waals surface area contributed by atoms with Gasteiger partial charge in [-0.25, -0.2) is 0 Å². The van der Waals surface area contributed by atoms with E-state index in [0.717, 1.165) is 0 Å². The second kappa shape index (κ2) is 5.16. The summed E-state index contributed by atoms with van der Waals surface area (Å²) in [5.74, 6) is 1.36. The third kappa shape index (κ3) is 3.38. The van der Waals surface area contributed by atoms with E-state index in [1.807, 2.05) is 0 Å². The molecule has 1 rings (SSSR count). The summed E-state index contributed by atoms with van der Waals surface area (Å²) < 4.78 is 0.631. The summed E-state index contributed by atoms with van der Waals surface area (Å²) in [4.78, 5) is 0. The maximum atomic E-state index is 2.47. The van der Waals surface area contributed by atoms with Crippen LogP contribution in [0.25, 0.3) is 0 Å². The van der Waals surface area contributed by atoms with E-state index in [1.54, 1.807) is 0 Å². The number of hydrogen-bond acceptors (Lipinski definition) is 1. The average Bonchev–Trinajstić information content (AvgIpc) is 2.27. The maximum absolute atomic E-state index is 2.47. The predicted molar refractivity (Wildman–Crippen MR) is 58.9 cm³/mol. The fraction of sp³-hybridized carbons (Fsp3) is 1.00. The van der Waals surface area contributed by atoms with Crippen LogP contribution in [0, 0.1) is 0 Å². The van der Waals surface area contributed by atoms with Crippen molar-refractivity contribution in [2.75, 3.05) is 5.75 Å². The molecule has 72 valence electrons. The van der Waals surface area contributed by atoms with Crippen LogP contribution in [0.1, 0.15) is 58.8 Å². The first-order chi connectivity index (χ1) is 5.77. The Morgan fingerprint density at radius 3 is 2.17 bits per heavy atom. The molecule has 1 saturated carbocycles. The van der Waals surface area contributed by atoms with Gasteiger partial charge in [0.2, 0.25) is 0 Å². The molecule has 1 heteroatoms. The highest BCUT2D eigenvalue weighted by atomic mass is 32.2. The fourth-order valence-corrected chi connectivity index (χ4v) is 3.24. The Kier molecular flexibility index (Phi) is 4.49. The lowest BCUT2D eigenvalue weighted by Crippen LogP contribution is -2.19. The van der Waals surface area contributed by atoms with E-state index in [4.69, 9.17) is 0 Å². The lowest BCUT2D eigenvalue weighted by Gasteiger charge is -2.27. The van der Waals surface area contributed by atoms with Crippen molar-refractivity contribution in [2.24, 2.45) is 0 Å². The molecule has 0 heterocycles. The number of hydrogen-bond donors (Lipinski definition) is 0. The minimum absolute atomic E-state index is 0.631. The lowest BCUT2D eigenvalue weighted by atomic mass is 10.0. The van der Waals surface area contributed by atoms with E-state index in [2.05, 4.69) is 25.6 Å². The van der Waals surface area contributed by atoms with Crippen LogP contribution in [0.4, 0.5) is 0 Å². The third-order valence-electron chi connectivity index (χ3n) is 2.82. The molecule has 0 radical (unpaired) electrons. The van der Waals surface area contributed by atoms with Crippen molar-refractivity contribution < 1.29 is 0 Å². The standard InChI is InChI=1S/C11H22S/c1-3-10-12-11(2)8-6-4-5-7-9-11/h3-10H2,1-2H3. The van der Waals surface area contributed by atoms with Gasteiger partial charge in [0, 0.05) is 4.75 Å². The van der Waals surface area contributed by atoms with Crippen molar-refractivity contribution in [1.29, 1.82) is 0 Å². The Balaban J connectivity index is 2.32. The van der Waals surface area contributed by atoms with Gasteiger partial charge in [0.05, 0.1) is 0 Å². The van der Waals surface area contributed by atoms with Gasteiger partial charge in [-0.15, -0.1) is 0 Å². The summed E-state index contributed by atoms with van der Waals surface area (Å²) in [6.45, 7) is 4.76. The molecule has 0 unspecified atom stereocenters. The zero-order valence-electron chi connectivity index (χ0n) is 8.57. The van der Waals surface area contributed by atoms with E-state index in [9.17, 15) is 0 Å². The van der Waals surface area contributed by atoms with Crippen molar-refractivity contribution >= 4 is 11.8 Å². The van der Waals surface area contributed by atoms with Gasteiger partial charge in [-0.2, -0.15) is 11.8 Å². The first-order valence-corrected chi connectivity index (χ1v) is 6.39. The molecule has 0 aromatic rings. The predicted octanol–water partition coefficient (Wildman–Crippen LogP) is 4.24. The Bertz CT molecular complexity index is 112. The van der Waals surface area contributed by atoms with Crippen LogP contribution in [0.2, 0.25) is 0 Å². The zero-order valence-corrected chi connectivity index (χ0v) is 9.38. The molecular weight excluding hydrogens is 164 g/mol. The van der Waals surface area contributed by atoms with Gasteiger partial charge in [-0.1, -0.05) is 39.5 Å². The minimum atomic E-state index is 0.631. The summed E-state index contributed by atoms with van der Waals surface area (Å²) in [5, 5.41) is 0. The molecule has 0 amide bonds. The third-order valence-corrected chi connectivity index (χ3v) is 4.53. The summed E-state index contributed by atoms with van der Waals surface area (Å²) in [6, 6.07) is 0. The van der Waals surface area contributed by atoms with Crippen LogP contribution < -0.4 is 0 Å². The monoisotopic (exact) mass is 186 g/mol. The molecule has 0 N–H and O–H groups in total. The summed E-state index contributed by atoms with van der Waals surface area (Å²) in [7, 11) is 0. The van der Waals surface area contributed by atoms with Gasteiger partial charge in [0.1, 0.15) is 0 Å². The van der Waals surface area contributed by atoms with Crippen LogP contribution in [0.5, 0.6) is 0 Å². The fourth-order valence-electron chi connectivity index (χ4n) is 1.97. The molecule has 1 fully saturated rings. The van der Waals surface area contributed by atoms with Crippen molar-refractivity contribution in [1.82, 2.24) is 0 Å². The Hall–Kier alpha value is 0.350. The molecule has 0 saturated heterocycles. The van der Waals surface area contributed by atoms with E-state index >= 15 is 0 Å². The highest BCUT2D eigenvalue weighted by Crippen LogP contribution is 2.38. The van der Waals surface area contributed by atoms with Gasteiger partial charge in [-0.3, -0.25) is 0 Å². The molecule has 0 spiro atoms. The summed E-state index contributed by atoms with van der Waals surface area (Å²) >= 11 is 2.21. The Morgan fingerprint density at radius 2 is 1.67 bits per heavy atom. The average molecular weight is 186 g/mol. The van der Waals surface area contributed by atoms with Crippen LogP contribution in [-0.2, 0) is 0 Å². The second-order valence-corrected chi connectivity index (χ2v) is 5.90. The van der Waals surface area contributed by atoms with Crippen molar-refractivity contribution in [2.45, 2.75) is 63.5 Å². The van der Waals surface area contributed by atoms with E-state index in [0.29, 0.717) is 4.75 Å². The van der Waals surface area contributed by atoms with Crippen LogP contribution in [0.15, 0.2) is 0 Å².